The van der Waals surface area contributed by atoms with Gasteiger partial charge in [-0.3, -0.25) is 28.8 Å². The number of hydrogen-bond acceptors (Lipinski definition) is 10. The molecule has 312 valence electrons. The summed E-state index contributed by atoms with van der Waals surface area (Å²) < 4.78 is 2.62. The van der Waals surface area contributed by atoms with Crippen molar-refractivity contribution in [2.45, 2.75) is 32.6 Å². The third kappa shape index (κ3) is 6.04. The first kappa shape index (κ1) is 39.7. The lowest BCUT2D eigenvalue weighted by Crippen LogP contribution is -2.48. The maximum atomic E-state index is 15.1. The number of allylic oxidation sites excluding steroid dienone is 2. The van der Waals surface area contributed by atoms with Gasteiger partial charge in [0, 0.05) is 48.5 Å². The molecule has 6 aromatic rings. The van der Waals surface area contributed by atoms with Crippen molar-refractivity contribution >= 4 is 85.2 Å². The van der Waals surface area contributed by atoms with E-state index in [0.29, 0.717) is 40.0 Å². The zero-order chi connectivity index (χ0) is 43.4. The van der Waals surface area contributed by atoms with Crippen molar-refractivity contribution in [3.05, 3.63) is 125 Å². The molecule has 12 nitrogen and oxygen atoms in total. The number of anilines is 3. The van der Waals surface area contributed by atoms with Gasteiger partial charge in [-0.05, 0) is 128 Å². The molecule has 10 rings (SSSR count). The number of hydrogen-bond donors (Lipinski definition) is 1. The molecule has 0 bridgehead atoms. The SMILES string of the molecule is Cc1c(-c2cc(N3C(=O)C4CC5C(=CCC6C(=O)N(c7ccc(N=Nc8ccc(N(C)C)cc8)cc7)C(=O)C65)C(c5ccc(O)cc5)C4(C)C3=O)n(C)n2)sc2ccc(Cl)cc12. The van der Waals surface area contributed by atoms with Gasteiger partial charge in [0.2, 0.25) is 23.6 Å². The zero-order valence-electron chi connectivity index (χ0n) is 34.6. The van der Waals surface area contributed by atoms with Gasteiger partial charge in [0.05, 0.1) is 45.1 Å². The average molecular weight is 864 g/mol. The molecule has 0 radical (unpaired) electrons. The summed E-state index contributed by atoms with van der Waals surface area (Å²) in [6.45, 7) is 3.86. The fraction of sp³-hybridized carbons (Fsp3) is 0.271. The van der Waals surface area contributed by atoms with Gasteiger partial charge < -0.3 is 10.0 Å². The number of aromatic nitrogens is 2. The molecule has 1 saturated carbocycles. The summed E-state index contributed by atoms with van der Waals surface area (Å²) in [5.74, 6) is -4.23. The molecule has 4 heterocycles. The van der Waals surface area contributed by atoms with Gasteiger partial charge in [0.25, 0.3) is 0 Å². The molecule has 4 aromatic carbocycles. The lowest BCUT2D eigenvalue weighted by Gasteiger charge is -2.49. The first-order chi connectivity index (χ1) is 29.7. The van der Waals surface area contributed by atoms with E-state index in [4.69, 9.17) is 16.7 Å². The summed E-state index contributed by atoms with van der Waals surface area (Å²) in [7, 11) is 5.66. The lowest BCUT2D eigenvalue weighted by atomic mass is 9.51. The number of benzene rings is 4. The summed E-state index contributed by atoms with van der Waals surface area (Å²) in [6, 6.07) is 28.8. The molecule has 4 amide bonds. The van der Waals surface area contributed by atoms with Crippen LogP contribution in [0.3, 0.4) is 0 Å². The van der Waals surface area contributed by atoms with E-state index in [2.05, 4.69) is 10.2 Å². The van der Waals surface area contributed by atoms with Gasteiger partial charge in [-0.25, -0.2) is 4.90 Å². The molecule has 2 aliphatic carbocycles. The number of thiophene rings is 1. The van der Waals surface area contributed by atoms with Crippen molar-refractivity contribution in [1.29, 1.82) is 0 Å². The van der Waals surface area contributed by atoms with E-state index in [1.165, 1.54) is 9.80 Å². The van der Waals surface area contributed by atoms with Crippen LogP contribution >= 0.6 is 22.9 Å². The monoisotopic (exact) mass is 863 g/mol. The minimum absolute atomic E-state index is 0.0653. The third-order valence-corrected chi connectivity index (χ3v) is 15.0. The Balaban J connectivity index is 0.978. The first-order valence-corrected chi connectivity index (χ1v) is 21.7. The Bertz CT molecular complexity index is 2920. The highest BCUT2D eigenvalue weighted by molar-refractivity contribution is 7.22. The second-order valence-corrected chi connectivity index (χ2v) is 18.6. The lowest BCUT2D eigenvalue weighted by molar-refractivity contribution is -0.131. The van der Waals surface area contributed by atoms with E-state index in [1.807, 2.05) is 81.4 Å². The number of aryl methyl sites for hydroxylation is 2. The maximum absolute atomic E-state index is 15.1. The number of carbonyl (C=O) groups is 4. The quantitative estimate of drug-likeness (QED) is 0.0957. The van der Waals surface area contributed by atoms with Crippen molar-refractivity contribution in [1.82, 2.24) is 9.78 Å². The van der Waals surface area contributed by atoms with Crippen molar-refractivity contribution in [3.8, 4) is 16.3 Å². The topological polar surface area (TPSA) is 141 Å². The fourth-order valence-electron chi connectivity index (χ4n) is 10.4. The number of halogens is 1. The second kappa shape index (κ2) is 14.6. The Kier molecular flexibility index (Phi) is 9.34. The average Bonchev–Trinajstić information content (AvgIpc) is 3.93. The van der Waals surface area contributed by atoms with E-state index in [1.54, 1.807) is 77.7 Å². The van der Waals surface area contributed by atoms with Crippen LogP contribution in [0.1, 0.15) is 36.8 Å². The highest BCUT2D eigenvalue weighted by Crippen LogP contribution is 2.64. The molecule has 0 spiro atoms. The van der Waals surface area contributed by atoms with Crippen LogP contribution in [0, 0.1) is 36.0 Å². The second-order valence-electron chi connectivity index (χ2n) is 17.1. The minimum Gasteiger partial charge on any atom is -0.508 e. The normalized spacial score (nSPS) is 24.5. The predicted octanol–water partition coefficient (Wildman–Crippen LogP) is 9.89. The highest BCUT2D eigenvalue weighted by atomic mass is 35.5. The van der Waals surface area contributed by atoms with Crippen molar-refractivity contribution < 1.29 is 24.3 Å². The van der Waals surface area contributed by atoms with E-state index < -0.39 is 35.0 Å². The molecule has 62 heavy (non-hydrogen) atoms. The number of phenols is 1. The molecular weight excluding hydrogens is 822 g/mol. The van der Waals surface area contributed by atoms with Gasteiger partial charge in [-0.15, -0.1) is 11.3 Å². The highest BCUT2D eigenvalue weighted by Gasteiger charge is 2.68. The van der Waals surface area contributed by atoms with E-state index in [0.717, 1.165) is 37.4 Å². The number of amides is 4. The van der Waals surface area contributed by atoms with Crippen LogP contribution in [0.5, 0.6) is 5.75 Å². The van der Waals surface area contributed by atoms with Gasteiger partial charge in [0.1, 0.15) is 17.3 Å². The predicted molar refractivity (Wildman–Crippen MR) is 240 cm³/mol. The van der Waals surface area contributed by atoms with Crippen LogP contribution < -0.4 is 14.7 Å². The number of aromatic hydroxyl groups is 1. The fourth-order valence-corrected chi connectivity index (χ4v) is 11.7. The number of nitrogens with zero attached hydrogens (tertiary/aromatic N) is 7. The van der Waals surface area contributed by atoms with Crippen LogP contribution in [0.15, 0.2) is 119 Å². The summed E-state index contributed by atoms with van der Waals surface area (Å²) in [5, 5.41) is 25.5. The molecule has 6 unspecified atom stereocenters. The summed E-state index contributed by atoms with van der Waals surface area (Å²) >= 11 is 7.91. The third-order valence-electron chi connectivity index (χ3n) is 13.5. The Hall–Kier alpha value is -6.44. The molecule has 2 aromatic heterocycles. The van der Waals surface area contributed by atoms with Crippen LogP contribution in [0.25, 0.3) is 20.7 Å². The summed E-state index contributed by atoms with van der Waals surface area (Å²) in [4.78, 5) is 64.5. The largest absolute Gasteiger partial charge is 0.508 e. The summed E-state index contributed by atoms with van der Waals surface area (Å²) in [5.41, 5.74) is 4.72. The molecule has 4 aliphatic rings. The van der Waals surface area contributed by atoms with E-state index in [9.17, 15) is 19.5 Å². The van der Waals surface area contributed by atoms with Crippen LogP contribution in [-0.4, -0.2) is 52.6 Å². The summed E-state index contributed by atoms with van der Waals surface area (Å²) in [6.07, 6.45) is 2.54. The molecule has 3 fully saturated rings. The van der Waals surface area contributed by atoms with Gasteiger partial charge in [-0.1, -0.05) is 35.4 Å². The standard InChI is InChI=1S/C48H42ClN7O5S/c1-25-35-22-27(49)8-21-39(35)62-43(25)38-24-40(54(5)52-38)56-45(59)37-23-36-33(42(48(37,2)47(56)61)26-6-17-32(57)18-7-26)19-20-34-41(36)46(60)55(44(34)58)31-15-11-29(12-16-31)51-50-28-9-13-30(14-10-28)53(3)4/h6-19,21-22,24,34,36-37,41-42,57H,20,23H2,1-5H3. The number of imide groups is 2. The Labute approximate surface area is 366 Å². The van der Waals surface area contributed by atoms with Gasteiger partial charge in [-0.2, -0.15) is 15.3 Å². The Morgan fingerprint density at radius 2 is 1.52 bits per heavy atom. The van der Waals surface area contributed by atoms with Crippen molar-refractivity contribution in [3.63, 3.8) is 0 Å². The number of fused-ring (bicyclic) bond motifs is 5. The number of rotatable bonds is 7. The van der Waals surface area contributed by atoms with Gasteiger partial charge in [0.15, 0.2) is 0 Å². The molecule has 2 aliphatic heterocycles. The van der Waals surface area contributed by atoms with Crippen LogP contribution in [-0.2, 0) is 26.2 Å². The number of azo groups is 1. The smallest absolute Gasteiger partial charge is 0.242 e. The molecule has 14 heteroatoms. The van der Waals surface area contributed by atoms with Crippen molar-refractivity contribution in [2.24, 2.45) is 46.4 Å². The van der Waals surface area contributed by atoms with Crippen molar-refractivity contribution in [2.75, 3.05) is 28.8 Å². The number of phenolic OH excluding ortho intramolecular Hbond substituents is 1. The van der Waals surface area contributed by atoms with Crippen LogP contribution in [0.2, 0.25) is 5.02 Å². The molecule has 6 atom stereocenters. The van der Waals surface area contributed by atoms with E-state index in [-0.39, 0.29) is 35.8 Å². The maximum Gasteiger partial charge on any atom is 0.242 e. The minimum atomic E-state index is -1.25. The zero-order valence-corrected chi connectivity index (χ0v) is 36.2. The first-order valence-electron chi connectivity index (χ1n) is 20.5. The Morgan fingerprint density at radius 3 is 2.19 bits per heavy atom. The van der Waals surface area contributed by atoms with E-state index >= 15 is 4.79 Å². The number of carbonyl (C=O) groups excluding carboxylic acids is 4. The van der Waals surface area contributed by atoms with Gasteiger partial charge >= 0.3 is 0 Å². The molecule has 2 saturated heterocycles. The molecular formula is C48H42ClN7O5S. The Morgan fingerprint density at radius 1 is 0.839 bits per heavy atom. The van der Waals surface area contributed by atoms with Crippen LogP contribution in [0.4, 0.5) is 28.6 Å². The molecule has 1 N–H and O–H groups in total.